The Morgan fingerprint density at radius 2 is 1.95 bits per heavy atom. The van der Waals surface area contributed by atoms with Crippen molar-refractivity contribution in [3.05, 3.63) is 0 Å². The van der Waals surface area contributed by atoms with Crippen LogP contribution in [0.15, 0.2) is 4.34 Å². The van der Waals surface area contributed by atoms with Crippen LogP contribution >= 0.6 is 23.1 Å². The molecular weight excluding hydrogens is 318 g/mol. The van der Waals surface area contributed by atoms with Crippen molar-refractivity contribution in [1.29, 1.82) is 0 Å². The number of ether oxygens (including phenoxy) is 1. The van der Waals surface area contributed by atoms with E-state index in [1.54, 1.807) is 0 Å². The van der Waals surface area contributed by atoms with Crippen LogP contribution in [0.2, 0.25) is 0 Å². The Morgan fingerprint density at radius 1 is 1.23 bits per heavy atom. The average Bonchev–Trinajstić information content (AvgIpc) is 2.82. The second kappa shape index (κ2) is 10.0. The summed E-state index contributed by atoms with van der Waals surface area (Å²) in [5.41, 5.74) is 0. The second-order valence-electron chi connectivity index (χ2n) is 6.08. The summed E-state index contributed by atoms with van der Waals surface area (Å²) >= 11 is 2.78. The van der Waals surface area contributed by atoms with Crippen molar-refractivity contribution in [3.8, 4) is 5.19 Å². The van der Waals surface area contributed by atoms with Crippen molar-refractivity contribution in [1.82, 2.24) is 15.5 Å². The minimum absolute atomic E-state index is 0.0450. The number of aromatic nitrogens is 2. The molecule has 0 bridgehead atoms. The SMILES string of the molecule is CC(C)CCCC(C)NC(=O)CSc1nnc(OC(C)C)s1. The highest BCUT2D eigenvalue weighted by molar-refractivity contribution is 8.01. The molecule has 1 aromatic rings. The van der Waals surface area contributed by atoms with E-state index in [9.17, 15) is 4.79 Å². The van der Waals surface area contributed by atoms with Gasteiger partial charge in [-0.2, -0.15) is 0 Å². The van der Waals surface area contributed by atoms with Gasteiger partial charge in [0.1, 0.15) is 0 Å². The van der Waals surface area contributed by atoms with Crippen LogP contribution in [0, 0.1) is 5.92 Å². The second-order valence-corrected chi connectivity index (χ2v) is 8.25. The molecule has 0 saturated heterocycles. The molecule has 1 atom stereocenters. The maximum atomic E-state index is 11.9. The first-order valence-electron chi connectivity index (χ1n) is 7.79. The van der Waals surface area contributed by atoms with Gasteiger partial charge in [-0.15, -0.1) is 5.10 Å². The standard InChI is InChI=1S/C15H27N3O2S2/c1-10(2)7-6-8-12(5)16-13(19)9-21-15-18-17-14(22-15)20-11(3)4/h10-12H,6-9H2,1-5H3,(H,16,19). The lowest BCUT2D eigenvalue weighted by Crippen LogP contribution is -2.33. The van der Waals surface area contributed by atoms with E-state index in [2.05, 4.69) is 36.3 Å². The third-order valence-corrected chi connectivity index (χ3v) is 4.82. The quantitative estimate of drug-likeness (QED) is 0.654. The van der Waals surface area contributed by atoms with Gasteiger partial charge >= 0.3 is 0 Å². The Hall–Kier alpha value is -0.820. The fourth-order valence-electron chi connectivity index (χ4n) is 1.85. The molecule has 22 heavy (non-hydrogen) atoms. The van der Waals surface area contributed by atoms with Crippen LogP contribution in [0.25, 0.3) is 0 Å². The summed E-state index contributed by atoms with van der Waals surface area (Å²) < 4.78 is 6.22. The van der Waals surface area contributed by atoms with Crippen LogP contribution in [0.3, 0.4) is 0 Å². The van der Waals surface area contributed by atoms with E-state index in [0.717, 1.165) is 23.1 Å². The summed E-state index contributed by atoms with van der Waals surface area (Å²) in [7, 11) is 0. The van der Waals surface area contributed by atoms with Crippen molar-refractivity contribution in [2.75, 3.05) is 5.75 Å². The highest BCUT2D eigenvalue weighted by Gasteiger charge is 2.11. The molecule has 1 aromatic heterocycles. The fourth-order valence-corrected chi connectivity index (χ4v) is 3.47. The normalized spacial score (nSPS) is 12.7. The van der Waals surface area contributed by atoms with E-state index in [-0.39, 0.29) is 18.1 Å². The minimum Gasteiger partial charge on any atom is -0.466 e. The zero-order valence-corrected chi connectivity index (χ0v) is 15.7. The van der Waals surface area contributed by atoms with Gasteiger partial charge < -0.3 is 10.1 Å². The Kier molecular flexibility index (Phi) is 8.78. The number of hydrogen-bond donors (Lipinski definition) is 1. The Bertz CT molecular complexity index is 450. The van der Waals surface area contributed by atoms with Crippen LogP contribution in [-0.2, 0) is 4.79 Å². The number of carbonyl (C=O) groups is 1. The van der Waals surface area contributed by atoms with Gasteiger partial charge in [-0.25, -0.2) is 0 Å². The molecule has 0 aliphatic rings. The van der Waals surface area contributed by atoms with E-state index in [1.807, 2.05) is 13.8 Å². The summed E-state index contributed by atoms with van der Waals surface area (Å²) in [6.07, 6.45) is 3.47. The molecule has 0 fully saturated rings. The van der Waals surface area contributed by atoms with Crippen molar-refractivity contribution in [2.24, 2.45) is 5.92 Å². The lowest BCUT2D eigenvalue weighted by Gasteiger charge is -2.14. The number of amides is 1. The number of hydrogen-bond acceptors (Lipinski definition) is 6. The van der Waals surface area contributed by atoms with Crippen LogP contribution in [-0.4, -0.2) is 34.0 Å². The molecule has 1 unspecified atom stereocenters. The predicted molar refractivity (Wildman–Crippen MR) is 92.7 cm³/mol. The van der Waals surface area contributed by atoms with E-state index >= 15 is 0 Å². The van der Waals surface area contributed by atoms with Gasteiger partial charge in [0.25, 0.3) is 5.19 Å². The number of carbonyl (C=O) groups excluding carboxylic acids is 1. The average molecular weight is 346 g/mol. The van der Waals surface area contributed by atoms with E-state index in [0.29, 0.717) is 10.9 Å². The zero-order valence-electron chi connectivity index (χ0n) is 14.1. The Morgan fingerprint density at radius 3 is 2.59 bits per heavy atom. The van der Waals surface area contributed by atoms with Gasteiger partial charge in [0.15, 0.2) is 4.34 Å². The summed E-state index contributed by atoms with van der Waals surface area (Å²) in [5, 5.41) is 11.5. The van der Waals surface area contributed by atoms with E-state index in [1.165, 1.54) is 29.5 Å². The first kappa shape index (κ1) is 19.2. The third-order valence-electron chi connectivity index (χ3n) is 2.88. The molecule has 1 rings (SSSR count). The predicted octanol–water partition coefficient (Wildman–Crippen LogP) is 3.75. The van der Waals surface area contributed by atoms with Gasteiger partial charge in [-0.3, -0.25) is 4.79 Å². The molecule has 0 aromatic carbocycles. The Balaban J connectivity index is 2.23. The van der Waals surface area contributed by atoms with Gasteiger partial charge in [-0.05, 0) is 44.4 Å². The first-order chi connectivity index (χ1) is 10.4. The molecule has 0 aliphatic carbocycles. The van der Waals surface area contributed by atoms with Crippen LogP contribution in [0.1, 0.15) is 53.9 Å². The van der Waals surface area contributed by atoms with Crippen LogP contribution < -0.4 is 10.1 Å². The molecule has 1 amide bonds. The van der Waals surface area contributed by atoms with Crippen LogP contribution in [0.5, 0.6) is 5.19 Å². The topological polar surface area (TPSA) is 64.1 Å². The zero-order chi connectivity index (χ0) is 16.5. The number of thioether (sulfide) groups is 1. The molecular formula is C15H27N3O2S2. The van der Waals surface area contributed by atoms with Gasteiger partial charge in [0.2, 0.25) is 5.91 Å². The summed E-state index contributed by atoms with van der Waals surface area (Å²) in [6, 6.07) is 0.223. The molecule has 0 aliphatic heterocycles. The minimum atomic E-state index is 0.0450. The largest absolute Gasteiger partial charge is 0.466 e. The van der Waals surface area contributed by atoms with Gasteiger partial charge in [-0.1, -0.05) is 43.5 Å². The van der Waals surface area contributed by atoms with Crippen molar-refractivity contribution in [3.63, 3.8) is 0 Å². The fraction of sp³-hybridized carbons (Fsp3) is 0.800. The molecule has 7 heteroatoms. The third kappa shape index (κ3) is 8.58. The number of nitrogens with one attached hydrogen (secondary N) is 1. The van der Waals surface area contributed by atoms with Gasteiger partial charge in [0, 0.05) is 6.04 Å². The number of nitrogens with zero attached hydrogens (tertiary/aromatic N) is 2. The Labute approximate surface area is 141 Å². The first-order valence-corrected chi connectivity index (χ1v) is 9.59. The molecule has 1 heterocycles. The molecule has 0 saturated carbocycles. The molecule has 0 spiro atoms. The maximum Gasteiger partial charge on any atom is 0.295 e. The van der Waals surface area contributed by atoms with Crippen molar-refractivity contribution >= 4 is 29.0 Å². The lowest BCUT2D eigenvalue weighted by atomic mass is 10.0. The monoisotopic (exact) mass is 345 g/mol. The van der Waals surface area contributed by atoms with Crippen molar-refractivity contribution < 1.29 is 9.53 Å². The van der Waals surface area contributed by atoms with Crippen molar-refractivity contribution in [2.45, 2.75) is 70.4 Å². The molecule has 126 valence electrons. The van der Waals surface area contributed by atoms with E-state index < -0.39 is 0 Å². The summed E-state index contributed by atoms with van der Waals surface area (Å²) in [6.45, 7) is 10.4. The lowest BCUT2D eigenvalue weighted by molar-refractivity contribution is -0.119. The highest BCUT2D eigenvalue weighted by atomic mass is 32.2. The smallest absolute Gasteiger partial charge is 0.295 e. The van der Waals surface area contributed by atoms with E-state index in [4.69, 9.17) is 4.74 Å². The molecule has 5 nitrogen and oxygen atoms in total. The molecule has 0 radical (unpaired) electrons. The summed E-state index contributed by atoms with van der Waals surface area (Å²) in [4.78, 5) is 11.9. The molecule has 1 N–H and O–H groups in total. The number of rotatable bonds is 10. The van der Waals surface area contributed by atoms with Crippen LogP contribution in [0.4, 0.5) is 0 Å². The van der Waals surface area contributed by atoms with Gasteiger partial charge in [0.05, 0.1) is 11.9 Å². The highest BCUT2D eigenvalue weighted by Crippen LogP contribution is 2.27. The summed E-state index contributed by atoms with van der Waals surface area (Å²) in [5.74, 6) is 1.13. The maximum absolute atomic E-state index is 11.9.